The van der Waals surface area contributed by atoms with Gasteiger partial charge in [0.1, 0.15) is 11.2 Å². The first-order valence-electron chi connectivity index (χ1n) is 41.0. The Morgan fingerprint density at radius 2 is 0.518 bits per heavy atom. The Hall–Kier alpha value is -6.87. The maximum Gasteiger partial charge on any atom is 0.407 e. The lowest BCUT2D eigenvalue weighted by atomic mass is 10.2. The second kappa shape index (κ2) is 78.8. The molecule has 110 heavy (non-hydrogen) atoms. The topological polar surface area (TPSA) is 388 Å². The first-order valence-corrected chi connectivity index (χ1v) is 41.0. The first-order chi connectivity index (χ1) is 53.1. The highest BCUT2D eigenvalue weighted by Gasteiger charge is 2.20. The fraction of sp³-hybridized carbons (Fsp3) is 0.840. The van der Waals surface area contributed by atoms with E-state index in [0.717, 1.165) is 273 Å². The Labute approximate surface area is 668 Å². The summed E-state index contributed by atoms with van der Waals surface area (Å²) < 4.78 is 10.7. The molecule has 0 aromatic rings. The Bertz CT molecular complexity index is 2300. The molecule has 0 fully saturated rings. The molecule has 0 rings (SSSR count). The zero-order valence-corrected chi connectivity index (χ0v) is 69.7. The van der Waals surface area contributed by atoms with Crippen LogP contribution < -0.4 is 33.6 Å². The number of carbonyl (C=O) groups is 2. The van der Waals surface area contributed by atoms with Crippen LogP contribution in [0.2, 0.25) is 0 Å². The zero-order valence-electron chi connectivity index (χ0n) is 69.7. The van der Waals surface area contributed by atoms with Crippen molar-refractivity contribution in [2.24, 2.45) is 22.9 Å². The molecule has 0 unspecified atom stereocenters. The van der Waals surface area contributed by atoms with E-state index in [2.05, 4.69) is 112 Å². The van der Waals surface area contributed by atoms with E-state index in [1.807, 2.05) is 41.5 Å². The molecular formula is C81H151N25O4. The number of alkyl carbamates (subject to hydrolysis) is 2. The molecule has 2 amide bonds. The second-order valence-corrected chi connectivity index (χ2v) is 29.6. The van der Waals surface area contributed by atoms with Crippen molar-refractivity contribution in [2.45, 2.75) is 194 Å². The van der Waals surface area contributed by atoms with Gasteiger partial charge in [0.15, 0.2) is 0 Å². The lowest BCUT2D eigenvalue weighted by molar-refractivity contribution is 0.0515. The van der Waals surface area contributed by atoms with Crippen LogP contribution in [0.15, 0.2) is 12.7 Å². The molecule has 0 aliphatic heterocycles. The van der Waals surface area contributed by atoms with Gasteiger partial charge in [-0.25, -0.2) is 22.7 Å². The Kier molecular flexibility index (Phi) is 76.9. The summed E-state index contributed by atoms with van der Waals surface area (Å²) in [5.74, 6) is 0. The Balaban J connectivity index is -0.00000233. The summed E-state index contributed by atoms with van der Waals surface area (Å²) in [4.78, 5) is 55.2. The van der Waals surface area contributed by atoms with E-state index in [9.17, 15) is 41.2 Å². The van der Waals surface area contributed by atoms with Gasteiger partial charge in [0.05, 0.1) is 55.6 Å². The molecule has 0 spiro atoms. The number of nitrogens with one attached hydrogen (secondary N) is 2. The largest absolute Gasteiger partial charge is 0.444 e. The number of amides is 2. The van der Waals surface area contributed by atoms with Crippen molar-refractivity contribution in [1.29, 1.82) is 36.8 Å². The molecule has 0 bridgehead atoms. The first kappa shape index (κ1) is 107. The number of ether oxygens (including phenoxy) is 2. The van der Waals surface area contributed by atoms with Gasteiger partial charge in [-0.1, -0.05) is 32.3 Å². The second-order valence-electron chi connectivity index (χ2n) is 29.6. The molecular weight excluding hydrogens is 1390 g/mol. The standard InChI is InChI=1S/C51H86N16O2.C27H62N8O2.C3H3N/c1-51(2,3)69-50(68)60-26-8-6-7-9-29-67(48-46-65(40-16-36-61(30-10-20-52)31-11-21-53)42-18-38-63(34-14-24-56)44-27-58-4)49-47-66(41-17-37-62(32-12-22-54)33-13-23-55)43-19-39-64(35-15-25-57)45-28-59-5;1-27(2,3)37-26(36)32-16-6-4-5-7-17-35(24-22-33(18-8-12-28)19-9-13-29)25-23-34(20-10-14-30)21-11-15-31;1-2-3-4/h6-19,26-49H2,1-3H3,(H,60,68);4-25,28-31H2,1-3H3,(H,32,36);2H,1H2. The molecule has 0 radical (unpaired) electrons. The van der Waals surface area contributed by atoms with Gasteiger partial charge in [0, 0.05) is 149 Å². The third-order valence-electron chi connectivity index (χ3n) is 18.0. The van der Waals surface area contributed by atoms with Crippen molar-refractivity contribution in [1.82, 2.24) is 59.6 Å². The monoisotopic (exact) mass is 1540 g/mol. The minimum Gasteiger partial charge on any atom is -0.444 e. The molecule has 10 N–H and O–H groups in total. The van der Waals surface area contributed by atoms with E-state index in [0.29, 0.717) is 117 Å². The van der Waals surface area contributed by atoms with Gasteiger partial charge in [-0.3, -0.25) is 9.80 Å². The zero-order chi connectivity index (χ0) is 82.3. The summed E-state index contributed by atoms with van der Waals surface area (Å²) in [7, 11) is 0. The summed E-state index contributed by atoms with van der Waals surface area (Å²) in [6.07, 6.45) is 19.0. The van der Waals surface area contributed by atoms with Crippen LogP contribution in [0.4, 0.5) is 9.59 Å². The number of nitriles is 7. The van der Waals surface area contributed by atoms with Gasteiger partial charge in [-0.15, -0.1) is 0 Å². The van der Waals surface area contributed by atoms with Crippen LogP contribution in [0.1, 0.15) is 183 Å². The minimum absolute atomic E-state index is 0.332. The summed E-state index contributed by atoms with van der Waals surface area (Å²) >= 11 is 0. The van der Waals surface area contributed by atoms with E-state index in [1.165, 1.54) is 6.08 Å². The Morgan fingerprint density at radius 3 is 0.718 bits per heavy atom. The number of rotatable bonds is 70. The third kappa shape index (κ3) is 75.2. The number of allylic oxidation sites excluding steroid dienone is 1. The van der Waals surface area contributed by atoms with E-state index >= 15 is 0 Å². The van der Waals surface area contributed by atoms with Crippen molar-refractivity contribution in [3.63, 3.8) is 0 Å². The van der Waals surface area contributed by atoms with Gasteiger partial charge in [0.2, 0.25) is 13.1 Å². The van der Waals surface area contributed by atoms with E-state index in [1.54, 1.807) is 6.07 Å². The molecule has 624 valence electrons. The highest BCUT2D eigenvalue weighted by atomic mass is 16.6. The van der Waals surface area contributed by atoms with Crippen LogP contribution in [0.25, 0.3) is 9.69 Å². The summed E-state index contributed by atoms with van der Waals surface area (Å²) in [6.45, 7) is 59.5. The number of nitrogens with zero attached hydrogens (tertiary/aromatic N) is 19. The van der Waals surface area contributed by atoms with Crippen molar-refractivity contribution in [3.05, 3.63) is 35.5 Å². The SMILES string of the molecule is C=CC#N.CC(C)(C)OC(=O)NCCCCCCN(CCN(CCCN)CCCN)CCN(CCCN)CCCN.[C-]#[N+]CCN(CCC#N)CCCN(CCCN(CCC#N)CCC#N)CCN(CCCCCCNC(=O)OC(C)(C)C)CCN(CCCN(CCC#N)CCC#N)CCCN(CCC#N)CC[N+]#[C-]. The molecule has 0 atom stereocenters. The molecule has 0 aliphatic carbocycles. The average molecular weight is 1540 g/mol. The van der Waals surface area contributed by atoms with Crippen molar-refractivity contribution < 1.29 is 19.1 Å². The highest BCUT2D eigenvalue weighted by Crippen LogP contribution is 2.12. The van der Waals surface area contributed by atoms with Gasteiger partial charge in [0.25, 0.3) is 0 Å². The van der Waals surface area contributed by atoms with Crippen molar-refractivity contribution >= 4 is 12.2 Å². The number of nitrogens with two attached hydrogens (primary N) is 4. The summed E-state index contributed by atoms with van der Waals surface area (Å²) in [5.41, 5.74) is 22.1. The molecule has 0 saturated heterocycles. The van der Waals surface area contributed by atoms with Gasteiger partial charge < -0.3 is 91.9 Å². The van der Waals surface area contributed by atoms with Gasteiger partial charge >= 0.3 is 12.2 Å². The van der Waals surface area contributed by atoms with Crippen LogP contribution in [-0.4, -0.2) is 321 Å². The fourth-order valence-corrected chi connectivity index (χ4v) is 12.1. The number of unbranched alkanes of at least 4 members (excludes halogenated alkanes) is 6. The quantitative estimate of drug-likeness (QED) is 0.0190. The molecule has 0 saturated carbocycles. The predicted octanol–water partition coefficient (Wildman–Crippen LogP) is 8.14. The smallest absolute Gasteiger partial charge is 0.407 e. The van der Waals surface area contributed by atoms with E-state index in [-0.39, 0.29) is 6.09 Å². The minimum atomic E-state index is -0.542. The summed E-state index contributed by atoms with van der Waals surface area (Å²) in [6, 6.07) is 15.2. The maximum absolute atomic E-state index is 12.2. The highest BCUT2D eigenvalue weighted by molar-refractivity contribution is 5.67. The number of hydrogen-bond donors (Lipinski definition) is 6. The van der Waals surface area contributed by atoms with Crippen LogP contribution >= 0.6 is 0 Å². The van der Waals surface area contributed by atoms with Crippen LogP contribution in [0.3, 0.4) is 0 Å². The van der Waals surface area contributed by atoms with Crippen LogP contribution in [0, 0.1) is 92.5 Å². The molecule has 0 aromatic heterocycles. The molecule has 29 heteroatoms. The summed E-state index contributed by atoms with van der Waals surface area (Å²) in [5, 5.41) is 68.8. The van der Waals surface area contributed by atoms with Crippen LogP contribution in [0.5, 0.6) is 0 Å². The molecule has 0 aromatic carbocycles. The molecule has 0 heterocycles. The predicted molar refractivity (Wildman–Crippen MR) is 443 cm³/mol. The Morgan fingerprint density at radius 1 is 0.327 bits per heavy atom. The van der Waals surface area contributed by atoms with E-state index in [4.69, 9.17) is 50.8 Å². The van der Waals surface area contributed by atoms with Crippen molar-refractivity contribution in [2.75, 3.05) is 249 Å². The normalized spacial score (nSPS) is 11.3. The average Bonchev–Trinajstić information content (AvgIpc) is 0.955. The van der Waals surface area contributed by atoms with E-state index < -0.39 is 17.3 Å². The van der Waals surface area contributed by atoms with Gasteiger partial charge in [-0.2, -0.15) is 36.8 Å². The number of carbonyl (C=O) groups excluding carboxylic acids is 2. The van der Waals surface area contributed by atoms with Gasteiger partial charge in [-0.05, 0) is 236 Å². The maximum atomic E-state index is 12.2. The molecule has 0 aliphatic rings. The van der Waals surface area contributed by atoms with Crippen molar-refractivity contribution in [3.8, 4) is 42.5 Å². The third-order valence-corrected chi connectivity index (χ3v) is 18.0. The number of hydrogen-bond acceptors (Lipinski definition) is 25. The lowest BCUT2D eigenvalue weighted by Crippen LogP contribution is -2.42. The van der Waals surface area contributed by atoms with Crippen LogP contribution in [-0.2, 0) is 9.47 Å². The lowest BCUT2D eigenvalue weighted by Gasteiger charge is -2.32. The molecule has 29 nitrogen and oxygen atoms in total. The fourth-order valence-electron chi connectivity index (χ4n) is 12.1.